The highest BCUT2D eigenvalue weighted by Crippen LogP contribution is 2.23. The fraction of sp³-hybridized carbons (Fsp3) is 0.379. The molecule has 0 radical (unpaired) electrons. The first-order valence-electron chi connectivity index (χ1n) is 12.9. The van der Waals surface area contributed by atoms with Gasteiger partial charge in [0.05, 0.1) is 18.4 Å². The normalized spacial score (nSPS) is 14.4. The lowest BCUT2D eigenvalue weighted by Gasteiger charge is -2.15. The summed E-state index contributed by atoms with van der Waals surface area (Å²) in [6, 6.07) is 12.2. The van der Waals surface area contributed by atoms with E-state index in [0.717, 1.165) is 35.7 Å². The molecule has 1 aromatic carbocycles. The first kappa shape index (κ1) is 28.2. The molecular weight excluding hydrogens is 507 g/mol. The van der Waals surface area contributed by atoms with E-state index in [-0.39, 0.29) is 5.75 Å². The minimum atomic E-state index is -4.39. The fourth-order valence-electron chi connectivity index (χ4n) is 4.39. The SMILES string of the molecule is C=C(N=C(OC)c1cc(C)n(Cc2ccc(NCCN3CCCC3)nc2)c1)c1ccc(OCC(F)(F)F)cc1. The minimum absolute atomic E-state index is 0.118. The van der Waals surface area contributed by atoms with Crippen molar-refractivity contribution in [2.24, 2.45) is 4.99 Å². The van der Waals surface area contributed by atoms with Crippen LogP contribution in [0, 0.1) is 6.92 Å². The van der Waals surface area contributed by atoms with Gasteiger partial charge in [-0.05, 0) is 80.4 Å². The summed E-state index contributed by atoms with van der Waals surface area (Å²) in [4.78, 5) is 11.6. The van der Waals surface area contributed by atoms with E-state index in [2.05, 4.69) is 37.4 Å². The number of anilines is 1. The molecule has 208 valence electrons. The number of aryl methyl sites for hydroxylation is 1. The maximum Gasteiger partial charge on any atom is 0.422 e. The van der Waals surface area contributed by atoms with Crippen molar-refractivity contribution in [3.05, 3.63) is 83.8 Å². The van der Waals surface area contributed by atoms with E-state index in [9.17, 15) is 13.2 Å². The smallest absolute Gasteiger partial charge is 0.422 e. The molecule has 39 heavy (non-hydrogen) atoms. The van der Waals surface area contributed by atoms with Crippen LogP contribution >= 0.6 is 0 Å². The lowest BCUT2D eigenvalue weighted by molar-refractivity contribution is -0.153. The maximum atomic E-state index is 12.4. The number of methoxy groups -OCH3 is 1. The van der Waals surface area contributed by atoms with Crippen molar-refractivity contribution in [3.8, 4) is 5.75 Å². The number of aliphatic imine (C=N–C) groups is 1. The van der Waals surface area contributed by atoms with Crippen LogP contribution in [0.5, 0.6) is 5.75 Å². The standard InChI is InChI=1S/C29H34F3N5O2/c1-21-16-25(28(38-3)35-22(2)24-7-9-26(10-8-24)39-20-29(30,31)32)19-37(21)18-23-6-11-27(34-17-23)33-12-15-36-13-4-5-14-36/h6-11,16-17,19H,2,4-5,12-15,18,20H2,1,3H3,(H,33,34). The van der Waals surface area contributed by atoms with E-state index >= 15 is 0 Å². The van der Waals surface area contributed by atoms with Gasteiger partial charge in [-0.3, -0.25) is 0 Å². The van der Waals surface area contributed by atoms with Crippen LogP contribution in [-0.4, -0.2) is 66.4 Å². The predicted molar refractivity (Wildman–Crippen MR) is 147 cm³/mol. The molecule has 0 aliphatic carbocycles. The van der Waals surface area contributed by atoms with Gasteiger partial charge < -0.3 is 24.3 Å². The topological polar surface area (TPSA) is 63.9 Å². The number of hydrogen-bond donors (Lipinski definition) is 1. The number of likely N-dealkylation sites (tertiary alicyclic amines) is 1. The number of benzene rings is 1. The number of halogens is 3. The van der Waals surface area contributed by atoms with Crippen molar-refractivity contribution in [1.29, 1.82) is 0 Å². The number of pyridine rings is 1. The molecule has 1 saturated heterocycles. The summed E-state index contributed by atoms with van der Waals surface area (Å²) < 4.78 is 49.5. The van der Waals surface area contributed by atoms with Gasteiger partial charge in [-0.25, -0.2) is 9.98 Å². The van der Waals surface area contributed by atoms with Crippen LogP contribution in [0.25, 0.3) is 5.70 Å². The number of nitrogens with one attached hydrogen (secondary N) is 1. The molecule has 3 aromatic rings. The molecule has 0 atom stereocenters. The van der Waals surface area contributed by atoms with Crippen molar-refractivity contribution in [3.63, 3.8) is 0 Å². The molecule has 1 fully saturated rings. The zero-order chi connectivity index (χ0) is 27.8. The molecule has 1 N–H and O–H groups in total. The fourth-order valence-corrected chi connectivity index (χ4v) is 4.39. The first-order valence-corrected chi connectivity index (χ1v) is 12.9. The van der Waals surface area contributed by atoms with Gasteiger partial charge in [0, 0.05) is 37.7 Å². The van der Waals surface area contributed by atoms with Gasteiger partial charge in [0.15, 0.2) is 6.61 Å². The van der Waals surface area contributed by atoms with Crippen LogP contribution in [-0.2, 0) is 11.3 Å². The zero-order valence-corrected chi connectivity index (χ0v) is 22.3. The Labute approximate surface area is 227 Å². The van der Waals surface area contributed by atoms with Crippen molar-refractivity contribution in [1.82, 2.24) is 14.5 Å². The van der Waals surface area contributed by atoms with E-state index in [1.165, 1.54) is 45.2 Å². The molecule has 1 aliphatic rings. The van der Waals surface area contributed by atoms with Gasteiger partial charge in [0.2, 0.25) is 5.90 Å². The molecule has 0 saturated carbocycles. The number of aromatic nitrogens is 2. The largest absolute Gasteiger partial charge is 0.484 e. The van der Waals surface area contributed by atoms with E-state index in [1.54, 1.807) is 12.1 Å². The zero-order valence-electron chi connectivity index (χ0n) is 22.3. The summed E-state index contributed by atoms with van der Waals surface area (Å²) in [7, 11) is 1.53. The molecule has 4 rings (SSSR count). The van der Waals surface area contributed by atoms with E-state index in [1.807, 2.05) is 31.5 Å². The van der Waals surface area contributed by atoms with Gasteiger partial charge in [-0.1, -0.05) is 12.6 Å². The lowest BCUT2D eigenvalue weighted by Crippen LogP contribution is -2.26. The molecule has 2 aromatic heterocycles. The van der Waals surface area contributed by atoms with Gasteiger partial charge in [0.25, 0.3) is 0 Å². The number of rotatable bonds is 11. The molecule has 0 bridgehead atoms. The summed E-state index contributed by atoms with van der Waals surface area (Å²) in [5, 5.41) is 3.40. The van der Waals surface area contributed by atoms with E-state index in [4.69, 9.17) is 9.47 Å². The summed E-state index contributed by atoms with van der Waals surface area (Å²) in [5.41, 5.74) is 3.93. The third kappa shape index (κ3) is 8.35. The average molecular weight is 542 g/mol. The maximum absolute atomic E-state index is 12.4. The van der Waals surface area contributed by atoms with Gasteiger partial charge >= 0.3 is 6.18 Å². The third-order valence-electron chi connectivity index (χ3n) is 6.49. The highest BCUT2D eigenvalue weighted by molar-refractivity contribution is 5.97. The molecule has 1 aliphatic heterocycles. The van der Waals surface area contributed by atoms with Crippen LogP contribution < -0.4 is 10.1 Å². The average Bonchev–Trinajstić information content (AvgIpc) is 3.56. The Morgan fingerprint density at radius 2 is 1.85 bits per heavy atom. The summed E-state index contributed by atoms with van der Waals surface area (Å²) in [6.07, 6.45) is 2.04. The minimum Gasteiger partial charge on any atom is -0.484 e. The quantitative estimate of drug-likeness (QED) is 0.247. The monoisotopic (exact) mass is 541 g/mol. The molecule has 0 unspecified atom stereocenters. The predicted octanol–water partition coefficient (Wildman–Crippen LogP) is 5.75. The highest BCUT2D eigenvalue weighted by Gasteiger charge is 2.28. The molecular formula is C29H34F3N5O2. The molecule has 0 amide bonds. The van der Waals surface area contributed by atoms with E-state index < -0.39 is 12.8 Å². The van der Waals surface area contributed by atoms with Crippen LogP contribution in [0.3, 0.4) is 0 Å². The van der Waals surface area contributed by atoms with Crippen LogP contribution in [0.1, 0.15) is 35.2 Å². The number of nitrogens with zero attached hydrogens (tertiary/aromatic N) is 4. The Morgan fingerprint density at radius 1 is 1.10 bits per heavy atom. The van der Waals surface area contributed by atoms with Crippen LogP contribution in [0.4, 0.5) is 19.0 Å². The Morgan fingerprint density at radius 3 is 2.49 bits per heavy atom. The second-order valence-electron chi connectivity index (χ2n) is 9.52. The van der Waals surface area contributed by atoms with Gasteiger partial charge in [-0.2, -0.15) is 13.2 Å². The molecule has 0 spiro atoms. The second-order valence-corrected chi connectivity index (χ2v) is 9.52. The summed E-state index contributed by atoms with van der Waals surface area (Å²) >= 11 is 0. The lowest BCUT2D eigenvalue weighted by atomic mass is 10.1. The van der Waals surface area contributed by atoms with E-state index in [0.29, 0.717) is 23.7 Å². The van der Waals surface area contributed by atoms with Crippen LogP contribution in [0.15, 0.2) is 66.4 Å². The molecule has 10 heteroatoms. The summed E-state index contributed by atoms with van der Waals surface area (Å²) in [5.74, 6) is 1.37. The molecule has 7 nitrogen and oxygen atoms in total. The Kier molecular flexibility index (Phi) is 9.29. The number of hydrogen-bond acceptors (Lipinski definition) is 6. The van der Waals surface area contributed by atoms with Gasteiger partial charge in [0.1, 0.15) is 11.6 Å². The second kappa shape index (κ2) is 12.8. The Bertz CT molecular complexity index is 1260. The van der Waals surface area contributed by atoms with Crippen molar-refractivity contribution in [2.75, 3.05) is 45.2 Å². The van der Waals surface area contributed by atoms with Crippen molar-refractivity contribution < 1.29 is 22.6 Å². The summed E-state index contributed by atoms with van der Waals surface area (Å²) in [6.45, 7) is 9.59. The Balaban J connectivity index is 1.36. The van der Waals surface area contributed by atoms with Crippen molar-refractivity contribution in [2.45, 2.75) is 32.5 Å². The van der Waals surface area contributed by atoms with Crippen LogP contribution in [0.2, 0.25) is 0 Å². The van der Waals surface area contributed by atoms with Gasteiger partial charge in [-0.15, -0.1) is 0 Å². The highest BCUT2D eigenvalue weighted by atomic mass is 19.4. The Hall–Kier alpha value is -3.79. The van der Waals surface area contributed by atoms with Crippen molar-refractivity contribution >= 4 is 17.4 Å². The third-order valence-corrected chi connectivity index (χ3v) is 6.49. The number of alkyl halides is 3. The number of ether oxygens (including phenoxy) is 2. The molecule has 3 heterocycles. The first-order chi connectivity index (χ1) is 18.7.